The molecule has 0 fully saturated rings. The molecule has 3 nitrogen and oxygen atoms in total. The van der Waals surface area contributed by atoms with Crippen LogP contribution < -0.4 is 5.32 Å². The predicted molar refractivity (Wildman–Crippen MR) is 80.6 cm³/mol. The molecule has 0 aromatic heterocycles. The van der Waals surface area contributed by atoms with Gasteiger partial charge in [-0.15, -0.1) is 0 Å². The van der Waals surface area contributed by atoms with Gasteiger partial charge in [-0.25, -0.2) is 9.18 Å². The number of esters is 1. The molecule has 0 amide bonds. The van der Waals surface area contributed by atoms with E-state index in [0.717, 1.165) is 11.1 Å². The van der Waals surface area contributed by atoms with Crippen LogP contribution in [-0.4, -0.2) is 13.1 Å². The Bertz CT molecular complexity index is 657. The van der Waals surface area contributed by atoms with Crippen molar-refractivity contribution in [1.82, 2.24) is 0 Å². The van der Waals surface area contributed by atoms with Crippen molar-refractivity contribution >= 4 is 11.7 Å². The lowest BCUT2D eigenvalue weighted by Gasteiger charge is -2.31. The van der Waals surface area contributed by atoms with Crippen molar-refractivity contribution in [3.8, 4) is 0 Å². The number of carbonyl (C=O) groups excluding carboxylic acids is 1. The zero-order valence-electron chi connectivity index (χ0n) is 12.3. The smallest absolute Gasteiger partial charge is 0.335 e. The summed E-state index contributed by atoms with van der Waals surface area (Å²) in [6.45, 7) is 3.65. The molecule has 0 aliphatic carbocycles. The number of nitrogens with one attached hydrogen (secondary N) is 1. The largest absolute Gasteiger partial charge is 0.467 e. The number of carbonyl (C=O) groups is 1. The summed E-state index contributed by atoms with van der Waals surface area (Å²) >= 11 is 0. The minimum absolute atomic E-state index is 0.364. The first-order chi connectivity index (χ1) is 9.97. The van der Waals surface area contributed by atoms with Crippen LogP contribution in [0.5, 0.6) is 0 Å². The van der Waals surface area contributed by atoms with E-state index >= 15 is 0 Å². The van der Waals surface area contributed by atoms with Crippen LogP contribution in [-0.2, 0) is 15.1 Å². The summed E-state index contributed by atoms with van der Waals surface area (Å²) in [5, 5.41) is 3.09. The number of anilines is 1. The second-order valence-corrected chi connectivity index (χ2v) is 5.07. The van der Waals surface area contributed by atoms with Crippen LogP contribution >= 0.6 is 0 Å². The number of hydrogen-bond donors (Lipinski definition) is 1. The molecule has 0 saturated carbocycles. The maximum absolute atomic E-state index is 13.4. The van der Waals surface area contributed by atoms with Gasteiger partial charge in [0.25, 0.3) is 0 Å². The molecule has 0 heterocycles. The molecule has 0 aliphatic rings. The van der Waals surface area contributed by atoms with E-state index in [-0.39, 0.29) is 5.82 Å². The van der Waals surface area contributed by atoms with E-state index in [2.05, 4.69) is 5.32 Å². The van der Waals surface area contributed by atoms with Gasteiger partial charge in [0.1, 0.15) is 5.82 Å². The number of halogens is 1. The molecule has 2 rings (SSSR count). The zero-order chi connectivity index (χ0) is 15.5. The third kappa shape index (κ3) is 3.05. The van der Waals surface area contributed by atoms with Crippen molar-refractivity contribution < 1.29 is 13.9 Å². The van der Waals surface area contributed by atoms with Crippen LogP contribution in [0.3, 0.4) is 0 Å². The Morgan fingerprint density at radius 1 is 1.19 bits per heavy atom. The first-order valence-corrected chi connectivity index (χ1v) is 6.65. The topological polar surface area (TPSA) is 38.3 Å². The van der Waals surface area contributed by atoms with E-state index < -0.39 is 11.5 Å². The number of aryl methyl sites for hydroxylation is 1. The number of benzene rings is 2. The van der Waals surface area contributed by atoms with Gasteiger partial charge in [-0.05, 0) is 43.2 Å². The number of hydrogen-bond acceptors (Lipinski definition) is 3. The van der Waals surface area contributed by atoms with Gasteiger partial charge in [-0.2, -0.15) is 0 Å². The molecule has 4 heteroatoms. The molecular formula is C17H18FNO2. The van der Waals surface area contributed by atoms with Gasteiger partial charge in [0.05, 0.1) is 7.11 Å². The zero-order valence-corrected chi connectivity index (χ0v) is 12.3. The van der Waals surface area contributed by atoms with Crippen molar-refractivity contribution in [1.29, 1.82) is 0 Å². The van der Waals surface area contributed by atoms with Crippen molar-refractivity contribution in [3.63, 3.8) is 0 Å². The van der Waals surface area contributed by atoms with E-state index in [1.165, 1.54) is 19.2 Å². The van der Waals surface area contributed by atoms with Crippen LogP contribution in [0.4, 0.5) is 10.1 Å². The van der Waals surface area contributed by atoms with Gasteiger partial charge in [-0.1, -0.05) is 30.3 Å². The Morgan fingerprint density at radius 3 is 2.52 bits per heavy atom. The van der Waals surface area contributed by atoms with Crippen LogP contribution in [0.2, 0.25) is 0 Å². The molecule has 110 valence electrons. The molecule has 1 atom stereocenters. The van der Waals surface area contributed by atoms with Crippen LogP contribution in [0.1, 0.15) is 18.1 Å². The standard InChI is InChI=1S/C17H18FNO2/c1-12-7-4-5-10-15(12)17(2,16(20)21-3)19-14-9-6-8-13(18)11-14/h4-11,19H,1-3H3. The van der Waals surface area contributed by atoms with Crippen LogP contribution in [0, 0.1) is 12.7 Å². The van der Waals surface area contributed by atoms with Gasteiger partial charge in [0, 0.05) is 5.69 Å². The predicted octanol–water partition coefficient (Wildman–Crippen LogP) is 3.63. The van der Waals surface area contributed by atoms with Gasteiger partial charge >= 0.3 is 5.97 Å². The van der Waals surface area contributed by atoms with E-state index in [1.807, 2.05) is 31.2 Å². The number of methoxy groups -OCH3 is 1. The maximum Gasteiger partial charge on any atom is 0.335 e. The summed E-state index contributed by atoms with van der Waals surface area (Å²) in [7, 11) is 1.34. The lowest BCUT2D eigenvalue weighted by atomic mass is 9.88. The van der Waals surface area contributed by atoms with Crippen LogP contribution in [0.25, 0.3) is 0 Å². The third-order valence-corrected chi connectivity index (χ3v) is 3.50. The Hall–Kier alpha value is -2.36. The summed E-state index contributed by atoms with van der Waals surface area (Å²) in [5.41, 5.74) is 1.18. The SMILES string of the molecule is COC(=O)C(C)(Nc1cccc(F)c1)c1ccccc1C. The second-order valence-electron chi connectivity index (χ2n) is 5.07. The monoisotopic (exact) mass is 287 g/mol. The summed E-state index contributed by atoms with van der Waals surface area (Å²) in [6.07, 6.45) is 0. The first-order valence-electron chi connectivity index (χ1n) is 6.65. The quantitative estimate of drug-likeness (QED) is 0.873. The molecule has 0 bridgehead atoms. The number of rotatable bonds is 4. The summed E-state index contributed by atoms with van der Waals surface area (Å²) < 4.78 is 18.3. The molecule has 2 aromatic rings. The Kier molecular flexibility index (Phi) is 4.26. The molecule has 2 aromatic carbocycles. The Labute approximate surface area is 123 Å². The maximum atomic E-state index is 13.4. The Morgan fingerprint density at radius 2 is 1.90 bits per heavy atom. The van der Waals surface area contributed by atoms with E-state index in [1.54, 1.807) is 19.1 Å². The summed E-state index contributed by atoms with van der Waals surface area (Å²) in [5.74, 6) is -0.793. The van der Waals surface area contributed by atoms with E-state index in [0.29, 0.717) is 5.69 Å². The average molecular weight is 287 g/mol. The average Bonchev–Trinajstić information content (AvgIpc) is 2.46. The highest BCUT2D eigenvalue weighted by molar-refractivity contribution is 5.86. The normalized spacial score (nSPS) is 13.3. The highest BCUT2D eigenvalue weighted by Gasteiger charge is 2.37. The fraction of sp³-hybridized carbons (Fsp3) is 0.235. The lowest BCUT2D eigenvalue weighted by molar-refractivity contribution is -0.145. The number of ether oxygens (including phenoxy) is 1. The van der Waals surface area contributed by atoms with E-state index in [4.69, 9.17) is 4.74 Å². The van der Waals surface area contributed by atoms with Crippen molar-refractivity contribution in [2.45, 2.75) is 19.4 Å². The minimum atomic E-state index is -1.09. The van der Waals surface area contributed by atoms with E-state index in [9.17, 15) is 9.18 Å². The first kappa shape index (κ1) is 15.0. The van der Waals surface area contributed by atoms with Crippen molar-refractivity contribution in [3.05, 3.63) is 65.5 Å². The minimum Gasteiger partial charge on any atom is -0.467 e. The highest BCUT2D eigenvalue weighted by Crippen LogP contribution is 2.30. The highest BCUT2D eigenvalue weighted by atomic mass is 19.1. The molecule has 0 spiro atoms. The van der Waals surface area contributed by atoms with Crippen LogP contribution in [0.15, 0.2) is 48.5 Å². The van der Waals surface area contributed by atoms with Gasteiger partial charge in [0.2, 0.25) is 0 Å². The second kappa shape index (κ2) is 5.95. The molecule has 0 aliphatic heterocycles. The molecular weight excluding hydrogens is 269 g/mol. The lowest BCUT2D eigenvalue weighted by Crippen LogP contribution is -2.42. The molecule has 1 N–H and O–H groups in total. The van der Waals surface area contributed by atoms with Gasteiger partial charge in [0.15, 0.2) is 5.54 Å². The van der Waals surface area contributed by atoms with Gasteiger partial charge in [-0.3, -0.25) is 0 Å². The van der Waals surface area contributed by atoms with Gasteiger partial charge < -0.3 is 10.1 Å². The fourth-order valence-corrected chi connectivity index (χ4v) is 2.42. The molecule has 0 saturated heterocycles. The van der Waals surface area contributed by atoms with Crippen molar-refractivity contribution in [2.75, 3.05) is 12.4 Å². The summed E-state index contributed by atoms with van der Waals surface area (Å²) in [6, 6.07) is 13.5. The fourth-order valence-electron chi connectivity index (χ4n) is 2.42. The Balaban J connectivity index is 2.48. The third-order valence-electron chi connectivity index (χ3n) is 3.50. The molecule has 21 heavy (non-hydrogen) atoms. The summed E-state index contributed by atoms with van der Waals surface area (Å²) in [4.78, 5) is 12.3. The molecule has 1 unspecified atom stereocenters. The molecule has 0 radical (unpaired) electrons. The van der Waals surface area contributed by atoms with Crippen molar-refractivity contribution in [2.24, 2.45) is 0 Å².